The van der Waals surface area contributed by atoms with Gasteiger partial charge in [0, 0.05) is 33.7 Å². The molecule has 1 fully saturated rings. The molecule has 1 aromatic rings. The molecule has 0 saturated carbocycles. The molecule has 2 unspecified atom stereocenters. The van der Waals surface area contributed by atoms with Gasteiger partial charge < -0.3 is 10.0 Å². The predicted molar refractivity (Wildman–Crippen MR) is 78.8 cm³/mol. The van der Waals surface area contributed by atoms with E-state index in [0.717, 1.165) is 16.6 Å². The molecule has 1 N–H and O–H groups in total. The van der Waals surface area contributed by atoms with Crippen molar-refractivity contribution in [2.24, 2.45) is 0 Å². The van der Waals surface area contributed by atoms with Crippen LogP contribution in [0, 0.1) is 0 Å². The lowest BCUT2D eigenvalue weighted by atomic mass is 10.1. The molecule has 0 radical (unpaired) electrons. The molecular weight excluding hydrogens is 298 g/mol. The molecule has 17 heavy (non-hydrogen) atoms. The van der Waals surface area contributed by atoms with E-state index in [9.17, 15) is 0 Å². The van der Waals surface area contributed by atoms with Crippen LogP contribution < -0.4 is 4.90 Å². The monoisotopic (exact) mass is 315 g/mol. The number of hydrogen-bond donors (Lipinski definition) is 1. The minimum atomic E-state index is 0.0860. The molecule has 1 aliphatic heterocycles. The molecular formula is C13H18BrNOS. The smallest absolute Gasteiger partial charge is 0.0692 e. The molecule has 1 saturated heterocycles. The fraction of sp³-hybridized carbons (Fsp3) is 0.538. The lowest BCUT2D eigenvalue weighted by Gasteiger charge is -2.39. The quantitative estimate of drug-likeness (QED) is 0.906. The Bertz CT molecular complexity index is 399. The van der Waals surface area contributed by atoms with E-state index in [1.54, 1.807) is 0 Å². The first kappa shape index (κ1) is 13.2. The SMILES string of the molecule is CC1SCCN(c2ccc(CO)c(Br)c2)C1C. The molecule has 2 nitrogen and oxygen atoms in total. The molecule has 0 spiro atoms. The number of halogens is 1. The van der Waals surface area contributed by atoms with Crippen molar-refractivity contribution in [3.05, 3.63) is 28.2 Å². The number of thioether (sulfide) groups is 1. The zero-order valence-corrected chi connectivity index (χ0v) is 12.6. The van der Waals surface area contributed by atoms with Crippen LogP contribution in [0.1, 0.15) is 19.4 Å². The van der Waals surface area contributed by atoms with E-state index in [2.05, 4.69) is 46.8 Å². The van der Waals surface area contributed by atoms with Gasteiger partial charge in [-0.05, 0) is 24.6 Å². The molecule has 1 aliphatic rings. The Morgan fingerprint density at radius 3 is 2.88 bits per heavy atom. The summed E-state index contributed by atoms with van der Waals surface area (Å²) in [6.07, 6.45) is 0. The van der Waals surface area contributed by atoms with E-state index in [1.807, 2.05) is 17.8 Å². The molecule has 1 heterocycles. The van der Waals surface area contributed by atoms with E-state index in [0.29, 0.717) is 11.3 Å². The van der Waals surface area contributed by atoms with E-state index in [4.69, 9.17) is 5.11 Å². The molecule has 1 aromatic carbocycles. The topological polar surface area (TPSA) is 23.5 Å². The summed E-state index contributed by atoms with van der Waals surface area (Å²) in [6, 6.07) is 6.78. The zero-order chi connectivity index (χ0) is 12.4. The van der Waals surface area contributed by atoms with Crippen molar-refractivity contribution < 1.29 is 5.11 Å². The normalized spacial score (nSPS) is 25.1. The summed E-state index contributed by atoms with van der Waals surface area (Å²) in [5.41, 5.74) is 2.19. The van der Waals surface area contributed by atoms with Crippen molar-refractivity contribution in [1.82, 2.24) is 0 Å². The second kappa shape index (κ2) is 5.63. The van der Waals surface area contributed by atoms with Gasteiger partial charge in [-0.2, -0.15) is 11.8 Å². The van der Waals surface area contributed by atoms with Gasteiger partial charge in [-0.15, -0.1) is 0 Å². The molecule has 0 aliphatic carbocycles. The summed E-state index contributed by atoms with van der Waals surface area (Å²) in [4.78, 5) is 2.45. The summed E-state index contributed by atoms with van der Waals surface area (Å²) >= 11 is 5.56. The Morgan fingerprint density at radius 2 is 2.24 bits per heavy atom. The highest BCUT2D eigenvalue weighted by Crippen LogP contribution is 2.31. The number of aliphatic hydroxyl groups is 1. The first-order valence-electron chi connectivity index (χ1n) is 5.91. The van der Waals surface area contributed by atoms with Gasteiger partial charge in [0.15, 0.2) is 0 Å². The highest BCUT2D eigenvalue weighted by molar-refractivity contribution is 9.10. The summed E-state index contributed by atoms with van der Waals surface area (Å²) in [5.74, 6) is 1.19. The number of anilines is 1. The van der Waals surface area contributed by atoms with Crippen molar-refractivity contribution in [2.75, 3.05) is 17.2 Å². The Hall–Kier alpha value is -0.190. The molecule has 2 atom stereocenters. The van der Waals surface area contributed by atoms with Crippen LogP contribution in [0.15, 0.2) is 22.7 Å². The standard InChI is InChI=1S/C13H18BrNOS/c1-9-10(2)17-6-5-15(9)12-4-3-11(8-16)13(14)7-12/h3-4,7,9-10,16H,5-6,8H2,1-2H3. The lowest BCUT2D eigenvalue weighted by molar-refractivity contribution is 0.281. The number of hydrogen-bond acceptors (Lipinski definition) is 3. The van der Waals surface area contributed by atoms with Crippen molar-refractivity contribution in [2.45, 2.75) is 31.7 Å². The molecule has 0 bridgehead atoms. The van der Waals surface area contributed by atoms with Crippen LogP contribution >= 0.6 is 27.7 Å². The Labute approximate surface area is 116 Å². The van der Waals surface area contributed by atoms with Gasteiger partial charge in [0.25, 0.3) is 0 Å². The van der Waals surface area contributed by atoms with Crippen LogP contribution in [0.3, 0.4) is 0 Å². The maximum absolute atomic E-state index is 9.17. The highest BCUT2D eigenvalue weighted by atomic mass is 79.9. The summed E-state index contributed by atoms with van der Waals surface area (Å²) in [6.45, 7) is 5.76. The highest BCUT2D eigenvalue weighted by Gasteiger charge is 2.25. The first-order valence-corrected chi connectivity index (χ1v) is 7.75. The van der Waals surface area contributed by atoms with Crippen molar-refractivity contribution >= 4 is 33.4 Å². The number of benzene rings is 1. The van der Waals surface area contributed by atoms with Gasteiger partial charge in [-0.1, -0.05) is 28.9 Å². The average Bonchev–Trinajstić information content (AvgIpc) is 2.32. The summed E-state index contributed by atoms with van der Waals surface area (Å²) in [5, 5.41) is 9.83. The third kappa shape index (κ3) is 2.80. The lowest BCUT2D eigenvalue weighted by Crippen LogP contribution is -2.44. The fourth-order valence-corrected chi connectivity index (χ4v) is 3.73. The van der Waals surface area contributed by atoms with Crippen LogP contribution in [-0.4, -0.2) is 28.7 Å². The summed E-state index contributed by atoms with van der Waals surface area (Å²) in [7, 11) is 0. The van der Waals surface area contributed by atoms with E-state index < -0.39 is 0 Å². The second-order valence-electron chi connectivity index (χ2n) is 4.44. The number of nitrogens with zero attached hydrogens (tertiary/aromatic N) is 1. The Morgan fingerprint density at radius 1 is 1.47 bits per heavy atom. The van der Waals surface area contributed by atoms with Crippen molar-refractivity contribution in [1.29, 1.82) is 0 Å². The number of rotatable bonds is 2. The third-order valence-electron chi connectivity index (χ3n) is 3.42. The van der Waals surface area contributed by atoms with Crippen LogP contribution in [0.25, 0.3) is 0 Å². The van der Waals surface area contributed by atoms with Crippen LogP contribution in [0.5, 0.6) is 0 Å². The van der Waals surface area contributed by atoms with E-state index in [1.165, 1.54) is 11.4 Å². The second-order valence-corrected chi connectivity index (χ2v) is 6.78. The van der Waals surface area contributed by atoms with Gasteiger partial charge in [0.2, 0.25) is 0 Å². The fourth-order valence-electron chi connectivity index (χ4n) is 2.14. The van der Waals surface area contributed by atoms with Crippen molar-refractivity contribution in [3.63, 3.8) is 0 Å². The number of aliphatic hydroxyl groups excluding tert-OH is 1. The first-order chi connectivity index (χ1) is 8.13. The Balaban J connectivity index is 2.24. The van der Waals surface area contributed by atoms with Crippen LogP contribution in [-0.2, 0) is 6.61 Å². The Kier molecular flexibility index (Phi) is 4.39. The van der Waals surface area contributed by atoms with E-state index >= 15 is 0 Å². The zero-order valence-electron chi connectivity index (χ0n) is 10.2. The van der Waals surface area contributed by atoms with E-state index in [-0.39, 0.29) is 6.61 Å². The van der Waals surface area contributed by atoms with Gasteiger partial charge in [-0.3, -0.25) is 0 Å². The molecule has 4 heteroatoms. The largest absolute Gasteiger partial charge is 0.392 e. The van der Waals surface area contributed by atoms with Gasteiger partial charge in [-0.25, -0.2) is 0 Å². The van der Waals surface area contributed by atoms with Gasteiger partial charge >= 0.3 is 0 Å². The predicted octanol–water partition coefficient (Wildman–Crippen LogP) is 3.27. The van der Waals surface area contributed by atoms with Gasteiger partial charge in [0.05, 0.1) is 6.61 Å². The molecule has 0 amide bonds. The maximum Gasteiger partial charge on any atom is 0.0692 e. The minimum Gasteiger partial charge on any atom is -0.392 e. The van der Waals surface area contributed by atoms with Crippen LogP contribution in [0.2, 0.25) is 0 Å². The molecule has 94 valence electrons. The summed E-state index contributed by atoms with van der Waals surface area (Å²) < 4.78 is 0.996. The third-order valence-corrected chi connectivity index (χ3v) is 5.50. The average molecular weight is 316 g/mol. The van der Waals surface area contributed by atoms with Crippen molar-refractivity contribution in [3.8, 4) is 0 Å². The minimum absolute atomic E-state index is 0.0860. The van der Waals surface area contributed by atoms with Gasteiger partial charge in [0.1, 0.15) is 0 Å². The molecule has 2 rings (SSSR count). The maximum atomic E-state index is 9.17. The molecule has 0 aromatic heterocycles. The van der Waals surface area contributed by atoms with Crippen LogP contribution in [0.4, 0.5) is 5.69 Å².